The van der Waals surface area contributed by atoms with Gasteiger partial charge in [-0.1, -0.05) is 0 Å². The van der Waals surface area contributed by atoms with Gasteiger partial charge in [0.25, 0.3) is 11.7 Å². The molecule has 3 fully saturated rings. The highest BCUT2D eigenvalue weighted by Gasteiger charge is 2.54. The van der Waals surface area contributed by atoms with E-state index in [9.17, 15) is 9.59 Å². The monoisotopic (exact) mass is 465 g/mol. The van der Waals surface area contributed by atoms with Gasteiger partial charge in [-0.3, -0.25) is 19.4 Å². The zero-order valence-corrected chi connectivity index (χ0v) is 20.3. The van der Waals surface area contributed by atoms with Crippen molar-refractivity contribution in [3.63, 3.8) is 0 Å². The number of rotatable bonds is 4. The lowest BCUT2D eigenvalue weighted by Gasteiger charge is -2.26. The zero-order chi connectivity index (χ0) is 22.0. The van der Waals surface area contributed by atoms with Crippen molar-refractivity contribution < 1.29 is 23.0 Å². The first-order valence-corrected chi connectivity index (χ1v) is 12.9. The zero-order valence-electron chi connectivity index (χ0n) is 18.6. The second kappa shape index (κ2) is 7.28. The van der Waals surface area contributed by atoms with Gasteiger partial charge in [0.05, 0.1) is 56.6 Å². The van der Waals surface area contributed by atoms with Gasteiger partial charge in [0.2, 0.25) is 12.6 Å². The van der Waals surface area contributed by atoms with Crippen LogP contribution in [0, 0.1) is 5.92 Å². The Bertz CT molecular complexity index is 918. The maximum absolute atomic E-state index is 13.1. The molecular weight excluding hydrogens is 432 g/mol. The predicted octanol–water partition coefficient (Wildman–Crippen LogP) is 0.451. The molecule has 10 heteroatoms. The van der Waals surface area contributed by atoms with Crippen molar-refractivity contribution in [3.05, 3.63) is 36.2 Å². The topological polar surface area (TPSA) is 70.2 Å². The van der Waals surface area contributed by atoms with Crippen molar-refractivity contribution in [2.45, 2.75) is 22.4 Å². The maximum atomic E-state index is 13.1. The molecule has 0 aromatic heterocycles. The standard InChI is InChI=1S/C21H31N6O2S2/c1-25(2)7-5-16-15(11-25)22-21(31-16)19(29)24-20-14(6-10-30-20)18(28)23-17-12-26(3)8-9-27(17,4)13-26/h5,7,11-12,14,16,20-22H,6,8-10,13H2,1-4H3/q+1/p+2. The number of hydrogen-bond donors (Lipinski definition) is 3. The van der Waals surface area contributed by atoms with Gasteiger partial charge >= 0.3 is 0 Å². The molecule has 0 spiro atoms. The fraction of sp³-hybridized carbons (Fsp3) is 0.619. The molecule has 31 heavy (non-hydrogen) atoms. The van der Waals surface area contributed by atoms with Crippen LogP contribution in [-0.4, -0.2) is 95.0 Å². The molecule has 6 atom stereocenters. The first-order valence-electron chi connectivity index (χ1n) is 10.9. The lowest BCUT2D eigenvalue weighted by Crippen LogP contribution is -2.50. The average molecular weight is 466 g/mol. The highest BCUT2D eigenvalue weighted by Crippen LogP contribution is 2.37. The second-order valence-electron chi connectivity index (χ2n) is 10.3. The summed E-state index contributed by atoms with van der Waals surface area (Å²) >= 11 is 3.29. The number of fused-ring (bicyclic) bond motifs is 3. The van der Waals surface area contributed by atoms with E-state index in [1.54, 1.807) is 23.5 Å². The Morgan fingerprint density at radius 2 is 1.94 bits per heavy atom. The molecule has 0 aromatic rings. The normalized spacial score (nSPS) is 41.9. The SMILES string of the molecule is C[N+]1(C)C=CC2SC(C(=O)NC3SCCC3C(=O)NC3=C[N+]4(C)CC[N+]3(C)C4)NC2=C1. The number of thioether (sulfide) groups is 2. The molecule has 2 bridgehead atoms. The van der Waals surface area contributed by atoms with Crippen LogP contribution in [0.15, 0.2) is 36.2 Å². The van der Waals surface area contributed by atoms with Crippen LogP contribution in [0.2, 0.25) is 0 Å². The molecular formula is C21H33N6O2S2+3. The van der Waals surface area contributed by atoms with Crippen LogP contribution in [0.3, 0.4) is 0 Å². The fourth-order valence-corrected chi connectivity index (χ4v) is 7.68. The summed E-state index contributed by atoms with van der Waals surface area (Å²) in [5, 5.41) is 9.42. The maximum Gasteiger partial charge on any atom is 0.267 e. The summed E-state index contributed by atoms with van der Waals surface area (Å²) in [5.74, 6) is 1.69. The van der Waals surface area contributed by atoms with Crippen LogP contribution in [0.5, 0.6) is 0 Å². The fourth-order valence-electron chi connectivity index (χ4n) is 5.22. The molecule has 5 heterocycles. The van der Waals surface area contributed by atoms with E-state index < -0.39 is 0 Å². The van der Waals surface area contributed by atoms with Crippen molar-refractivity contribution in [2.75, 3.05) is 53.7 Å². The van der Waals surface area contributed by atoms with E-state index in [4.69, 9.17) is 0 Å². The van der Waals surface area contributed by atoms with Crippen LogP contribution in [-0.2, 0) is 9.59 Å². The highest BCUT2D eigenvalue weighted by atomic mass is 32.2. The van der Waals surface area contributed by atoms with Gasteiger partial charge in [0, 0.05) is 0 Å². The van der Waals surface area contributed by atoms with Crippen LogP contribution < -0.4 is 16.0 Å². The Morgan fingerprint density at radius 3 is 2.65 bits per heavy atom. The number of nitrogens with zero attached hydrogens (tertiary/aromatic N) is 3. The summed E-state index contributed by atoms with van der Waals surface area (Å²) < 4.78 is 2.34. The van der Waals surface area contributed by atoms with Crippen molar-refractivity contribution in [3.8, 4) is 0 Å². The summed E-state index contributed by atoms with van der Waals surface area (Å²) in [5.41, 5.74) is 1.09. The average Bonchev–Trinajstić information content (AvgIpc) is 3.41. The van der Waals surface area contributed by atoms with Gasteiger partial charge in [-0.05, 0) is 18.2 Å². The number of likely N-dealkylation sites (N-methyl/N-ethyl adjacent to an activating group) is 2. The molecule has 0 saturated carbocycles. The van der Waals surface area contributed by atoms with Gasteiger partial charge in [-0.2, -0.15) is 0 Å². The van der Waals surface area contributed by atoms with Crippen LogP contribution in [0.4, 0.5) is 0 Å². The summed E-state index contributed by atoms with van der Waals surface area (Å²) in [6.45, 7) is 3.16. The lowest BCUT2D eigenvalue weighted by atomic mass is 10.1. The lowest BCUT2D eigenvalue weighted by molar-refractivity contribution is -0.959. The number of nitrogens with one attached hydrogen (secondary N) is 3. The van der Waals surface area contributed by atoms with Crippen molar-refractivity contribution in [1.29, 1.82) is 0 Å². The molecule has 5 aliphatic rings. The summed E-state index contributed by atoms with van der Waals surface area (Å²) in [4.78, 5) is 26.1. The number of amides is 2. The minimum atomic E-state index is -0.329. The predicted molar refractivity (Wildman–Crippen MR) is 123 cm³/mol. The third kappa shape index (κ3) is 3.93. The number of quaternary nitrogens is 3. The minimum Gasteiger partial charge on any atom is -0.363 e. The van der Waals surface area contributed by atoms with Crippen LogP contribution >= 0.6 is 23.5 Å². The Morgan fingerprint density at radius 1 is 1.13 bits per heavy atom. The van der Waals surface area contributed by atoms with E-state index in [0.29, 0.717) is 4.48 Å². The van der Waals surface area contributed by atoms with Gasteiger partial charge in [-0.15, -0.1) is 23.5 Å². The Kier molecular flexibility index (Phi) is 5.02. The highest BCUT2D eigenvalue weighted by molar-refractivity contribution is 8.02. The number of carbonyl (C=O) groups excluding carboxylic acids is 2. The Labute approximate surface area is 192 Å². The molecule has 5 aliphatic heterocycles. The molecule has 0 aromatic carbocycles. The first-order chi connectivity index (χ1) is 14.6. The molecule has 0 aliphatic carbocycles. The molecule has 8 nitrogen and oxygen atoms in total. The third-order valence-electron chi connectivity index (χ3n) is 6.96. The third-order valence-corrected chi connectivity index (χ3v) is 9.55. The smallest absolute Gasteiger partial charge is 0.267 e. The molecule has 168 valence electrons. The Hall–Kier alpha value is -1.46. The van der Waals surface area contributed by atoms with Crippen molar-refractivity contribution in [1.82, 2.24) is 16.0 Å². The summed E-state index contributed by atoms with van der Waals surface area (Å²) in [7, 11) is 8.60. The molecule has 0 radical (unpaired) electrons. The second-order valence-corrected chi connectivity index (χ2v) is 12.8. The van der Waals surface area contributed by atoms with Gasteiger partial charge < -0.3 is 10.6 Å². The molecule has 2 amide bonds. The van der Waals surface area contributed by atoms with E-state index in [-0.39, 0.29) is 33.7 Å². The van der Waals surface area contributed by atoms with E-state index >= 15 is 0 Å². The number of hydrogen-bond acceptors (Lipinski definition) is 5. The van der Waals surface area contributed by atoms with E-state index in [1.165, 1.54) is 0 Å². The Balaban J connectivity index is 1.21. The van der Waals surface area contributed by atoms with Crippen LogP contribution in [0.25, 0.3) is 0 Å². The molecule has 6 unspecified atom stereocenters. The van der Waals surface area contributed by atoms with Crippen molar-refractivity contribution >= 4 is 35.3 Å². The van der Waals surface area contributed by atoms with Gasteiger partial charge in [-0.25, -0.2) is 8.97 Å². The van der Waals surface area contributed by atoms with Gasteiger partial charge in [0.1, 0.15) is 19.3 Å². The summed E-state index contributed by atoms with van der Waals surface area (Å²) in [6, 6.07) is 0. The van der Waals surface area contributed by atoms with Crippen molar-refractivity contribution in [2.24, 2.45) is 5.92 Å². The van der Waals surface area contributed by atoms with E-state index in [2.05, 4.69) is 68.8 Å². The first kappa shape index (κ1) is 21.4. The molecule has 3 saturated heterocycles. The van der Waals surface area contributed by atoms with Gasteiger partial charge in [0.15, 0.2) is 11.6 Å². The quantitative estimate of drug-likeness (QED) is 0.526. The van der Waals surface area contributed by atoms with E-state index in [0.717, 1.165) is 52.4 Å². The molecule has 3 N–H and O–H groups in total. The largest absolute Gasteiger partial charge is 0.363 e. The van der Waals surface area contributed by atoms with Crippen LogP contribution in [0.1, 0.15) is 6.42 Å². The van der Waals surface area contributed by atoms with E-state index in [1.807, 2.05) is 0 Å². The molecule has 5 rings (SSSR count). The summed E-state index contributed by atoms with van der Waals surface area (Å²) in [6.07, 6.45) is 9.42. The minimum absolute atomic E-state index is 0.0339. The number of carbonyl (C=O) groups is 2.